The van der Waals surface area contributed by atoms with E-state index >= 15 is 0 Å². The average molecular weight is 88.1 g/mol. The first-order valence-electron chi connectivity index (χ1n) is 1.29. The van der Waals surface area contributed by atoms with E-state index in [1.807, 2.05) is 5.49 Å². The Morgan fingerprint density at radius 3 is 3.00 bits per heavy atom. The molecule has 0 saturated carbocycles. The molecule has 0 spiro atoms. The molecule has 1 heterocycles. The number of hydrazone groups is 1. The van der Waals surface area contributed by atoms with Crippen molar-refractivity contribution in [2.45, 2.75) is 0 Å². The second-order valence-electron chi connectivity index (χ2n) is 0.652. The monoisotopic (exact) mass is 88.0 g/mol. The number of thiol groups is 1. The van der Waals surface area contributed by atoms with Gasteiger partial charge in [-0.1, -0.05) is 0 Å². The predicted molar refractivity (Wildman–Crippen MR) is 26.7 cm³/mol. The molecular weight excluding hydrogens is 84.1 g/mol. The van der Waals surface area contributed by atoms with E-state index < -0.39 is 0 Å². The van der Waals surface area contributed by atoms with Gasteiger partial charge in [-0.25, -0.2) is 0 Å². The summed E-state index contributed by atoms with van der Waals surface area (Å²) in [6, 6.07) is 0. The molecule has 0 saturated heterocycles. The van der Waals surface area contributed by atoms with Crippen LogP contribution in [0.25, 0.3) is 0 Å². The number of nitrogens with one attached hydrogen (secondary N) is 1. The molecular formula is C2H4N2S. The fraction of sp³-hybridized carbons (Fsp3) is 0. The van der Waals surface area contributed by atoms with Crippen LogP contribution in [0.5, 0.6) is 0 Å². The van der Waals surface area contributed by atoms with Crippen LogP contribution < -0.4 is 5.43 Å². The van der Waals surface area contributed by atoms with Crippen molar-refractivity contribution in [2.24, 2.45) is 5.10 Å². The zero-order chi connectivity index (χ0) is 3.54. The first-order chi connectivity index (χ1) is 2.50. The summed E-state index contributed by atoms with van der Waals surface area (Å²) in [6.07, 6.45) is 0. The maximum absolute atomic E-state index is 3.64. The van der Waals surface area contributed by atoms with Crippen molar-refractivity contribution < 1.29 is 0 Å². The van der Waals surface area contributed by atoms with E-state index in [1.165, 1.54) is 0 Å². The van der Waals surface area contributed by atoms with Crippen LogP contribution in [-0.2, 0) is 0 Å². The average Bonchev–Trinajstić information content (AvgIpc) is 1.76. The maximum atomic E-state index is 3.64. The van der Waals surface area contributed by atoms with Crippen molar-refractivity contribution in [1.29, 1.82) is 0 Å². The van der Waals surface area contributed by atoms with Gasteiger partial charge in [0.25, 0.3) is 0 Å². The summed E-state index contributed by atoms with van der Waals surface area (Å²) in [7, 11) is 0. The van der Waals surface area contributed by atoms with Gasteiger partial charge in [0.1, 0.15) is 0 Å². The Kier molecular flexibility index (Phi) is 0.705. The van der Waals surface area contributed by atoms with E-state index in [0.29, 0.717) is 0 Å². The number of rotatable bonds is 0. The molecule has 2 nitrogen and oxygen atoms in total. The summed E-state index contributed by atoms with van der Waals surface area (Å²) >= 11 is 1.16. The highest BCUT2D eigenvalue weighted by atomic mass is 32.1. The third-order valence-electron chi connectivity index (χ3n) is 0.331. The van der Waals surface area contributed by atoms with Gasteiger partial charge >= 0.3 is 0 Å². The van der Waals surface area contributed by atoms with Gasteiger partial charge in [0, 0.05) is 5.49 Å². The molecule has 0 unspecified atom stereocenters. The first-order valence-corrected chi connectivity index (χ1v) is 2.32. The molecule has 28 valence electrons. The van der Waals surface area contributed by atoms with E-state index in [4.69, 9.17) is 0 Å². The largest absolute Gasteiger partial charge is 0.280 e. The minimum Gasteiger partial charge on any atom is -0.280 e. The van der Waals surface area contributed by atoms with Gasteiger partial charge in [-0.2, -0.15) is 5.10 Å². The van der Waals surface area contributed by atoms with E-state index in [1.54, 1.807) is 5.55 Å². The lowest BCUT2D eigenvalue weighted by Gasteiger charge is -1.69. The molecule has 0 aliphatic carbocycles. The fourth-order valence-electron chi connectivity index (χ4n) is 0.167. The zero-order valence-corrected chi connectivity index (χ0v) is 3.44. The van der Waals surface area contributed by atoms with Crippen LogP contribution in [0.2, 0.25) is 0 Å². The summed E-state index contributed by atoms with van der Waals surface area (Å²) in [6.45, 7) is 0. The highest BCUT2D eigenvalue weighted by molar-refractivity contribution is 8.10. The van der Waals surface area contributed by atoms with Gasteiger partial charge in [-0.3, -0.25) is 5.43 Å². The van der Waals surface area contributed by atoms with Crippen molar-refractivity contribution >= 4 is 22.4 Å². The van der Waals surface area contributed by atoms with Crippen molar-refractivity contribution in [2.75, 3.05) is 0 Å². The number of hydrogen-bond acceptors (Lipinski definition) is 2. The van der Waals surface area contributed by atoms with Gasteiger partial charge in [0.05, 0.1) is 5.55 Å². The Morgan fingerprint density at radius 1 is 1.80 bits per heavy atom. The van der Waals surface area contributed by atoms with Crippen LogP contribution in [0, 0.1) is 0 Å². The van der Waals surface area contributed by atoms with E-state index in [-0.39, 0.29) is 0 Å². The Bertz CT molecular complexity index is 65.7. The third kappa shape index (κ3) is 0.479. The lowest BCUT2D eigenvalue weighted by Crippen LogP contribution is -1.91. The van der Waals surface area contributed by atoms with Crippen LogP contribution in [-0.4, -0.2) is 11.0 Å². The molecule has 0 fully saturated rings. The molecule has 0 aromatic carbocycles. The molecule has 1 rings (SSSR count). The summed E-state index contributed by atoms with van der Waals surface area (Å²) in [5, 5.41) is 3.64. The van der Waals surface area contributed by atoms with Crippen molar-refractivity contribution in [3.05, 3.63) is 0 Å². The van der Waals surface area contributed by atoms with Crippen LogP contribution in [0.4, 0.5) is 0 Å². The van der Waals surface area contributed by atoms with Gasteiger partial charge in [0.2, 0.25) is 0 Å². The zero-order valence-electron chi connectivity index (χ0n) is 2.55. The lowest BCUT2D eigenvalue weighted by atomic mass is 11.5. The Labute approximate surface area is 33.8 Å². The summed E-state index contributed by atoms with van der Waals surface area (Å²) in [4.78, 5) is 0. The van der Waals surface area contributed by atoms with Gasteiger partial charge < -0.3 is 0 Å². The molecule has 0 atom stereocenters. The Morgan fingerprint density at radius 2 is 2.80 bits per heavy atom. The molecule has 0 bridgehead atoms. The second-order valence-corrected chi connectivity index (χ2v) is 1.44. The van der Waals surface area contributed by atoms with E-state index in [0.717, 1.165) is 11.4 Å². The molecule has 0 aromatic rings. The normalized spacial score (nSPS) is 17.6. The molecule has 0 amide bonds. The van der Waals surface area contributed by atoms with E-state index in [2.05, 4.69) is 10.5 Å². The molecule has 5 heavy (non-hydrogen) atoms. The summed E-state index contributed by atoms with van der Waals surface area (Å²) in [5.41, 5.74) is 6.31. The topological polar surface area (TPSA) is 24.4 Å². The molecule has 0 aromatic heterocycles. The first kappa shape index (κ1) is 2.90. The van der Waals surface area contributed by atoms with Crippen molar-refractivity contribution in [3.63, 3.8) is 0 Å². The quantitative estimate of drug-likeness (QED) is 0.310. The molecule has 3 heteroatoms. The molecule has 0 radical (unpaired) electrons. The predicted octanol–water partition coefficient (Wildman–Crippen LogP) is -0.242. The molecule has 1 N–H and O–H groups in total. The Balaban J connectivity index is 2.61. The smallest absolute Gasteiger partial charge is 0.0732 e. The number of hydrogen-bond donors (Lipinski definition) is 2. The molecule has 1 aliphatic rings. The maximum Gasteiger partial charge on any atom is 0.0732 e. The Hall–Kier alpha value is -0.310. The van der Waals surface area contributed by atoms with Crippen molar-refractivity contribution in [3.8, 4) is 0 Å². The van der Waals surface area contributed by atoms with Crippen LogP contribution in [0.3, 0.4) is 0 Å². The SMILES string of the molecule is C1=NNC=[SH]1. The highest BCUT2D eigenvalue weighted by Gasteiger charge is 1.68. The van der Waals surface area contributed by atoms with Gasteiger partial charge in [-0.15, -0.1) is 11.4 Å². The minimum atomic E-state index is 1.16. The number of nitrogens with zero attached hydrogens (tertiary/aromatic N) is 1. The summed E-state index contributed by atoms with van der Waals surface area (Å²) < 4.78 is 0. The molecule has 1 aliphatic heterocycles. The van der Waals surface area contributed by atoms with Gasteiger partial charge in [0.15, 0.2) is 0 Å². The van der Waals surface area contributed by atoms with Crippen molar-refractivity contribution in [1.82, 2.24) is 5.43 Å². The van der Waals surface area contributed by atoms with Crippen LogP contribution in [0.15, 0.2) is 5.10 Å². The van der Waals surface area contributed by atoms with Crippen LogP contribution in [0.1, 0.15) is 0 Å². The minimum absolute atomic E-state index is 1.16. The standard InChI is InChI=1S/C2H4N2S/c1-3-4-2-5-1/h1-3,5H. The highest BCUT2D eigenvalue weighted by Crippen LogP contribution is 1.77. The summed E-state index contributed by atoms with van der Waals surface area (Å²) in [5.74, 6) is 0. The third-order valence-corrected chi connectivity index (χ3v) is 0.845. The lowest BCUT2D eigenvalue weighted by molar-refractivity contribution is 1.09. The van der Waals surface area contributed by atoms with E-state index in [9.17, 15) is 0 Å². The van der Waals surface area contributed by atoms with Gasteiger partial charge in [-0.05, 0) is 0 Å². The second kappa shape index (κ2) is 1.21. The van der Waals surface area contributed by atoms with Crippen LogP contribution >= 0.6 is 11.4 Å². The fourth-order valence-corrected chi connectivity index (χ4v) is 0.500.